The fourth-order valence-electron chi connectivity index (χ4n) is 3.54. The first-order valence-corrected chi connectivity index (χ1v) is 8.49. The number of benzene rings is 2. The lowest BCUT2D eigenvalue weighted by atomic mass is 10.1. The highest BCUT2D eigenvalue weighted by molar-refractivity contribution is 6.30. The third kappa shape index (κ3) is 2.47. The van der Waals surface area contributed by atoms with Gasteiger partial charge in [-0.1, -0.05) is 29.8 Å². The van der Waals surface area contributed by atoms with Crippen molar-refractivity contribution in [1.82, 2.24) is 0 Å². The van der Waals surface area contributed by atoms with Gasteiger partial charge in [0.05, 0.1) is 0 Å². The van der Waals surface area contributed by atoms with E-state index in [9.17, 15) is 9.59 Å². The lowest BCUT2D eigenvalue weighted by molar-refractivity contribution is -0.130. The summed E-state index contributed by atoms with van der Waals surface area (Å²) in [6, 6.07) is 15.1. The number of halogens is 1. The lowest BCUT2D eigenvalue weighted by Gasteiger charge is -2.21. The van der Waals surface area contributed by atoms with Crippen LogP contribution in [-0.2, 0) is 16.0 Å². The Morgan fingerprint density at radius 1 is 1.04 bits per heavy atom. The largest absolute Gasteiger partial charge is 0.312 e. The number of hydrogen-bond acceptors (Lipinski definition) is 2. The van der Waals surface area contributed by atoms with E-state index in [1.54, 1.807) is 21.9 Å². The van der Waals surface area contributed by atoms with E-state index in [4.69, 9.17) is 11.6 Å². The number of amides is 2. The van der Waals surface area contributed by atoms with Crippen LogP contribution in [0.2, 0.25) is 5.02 Å². The van der Waals surface area contributed by atoms with Crippen LogP contribution in [0.4, 0.5) is 11.4 Å². The van der Waals surface area contributed by atoms with Gasteiger partial charge in [0.1, 0.15) is 5.92 Å². The minimum atomic E-state index is -0.591. The molecule has 0 saturated carbocycles. The van der Waals surface area contributed by atoms with Gasteiger partial charge in [0, 0.05) is 29.5 Å². The molecule has 0 N–H and O–H groups in total. The highest BCUT2D eigenvalue weighted by Gasteiger charge is 2.41. The summed E-state index contributed by atoms with van der Waals surface area (Å²) in [5.41, 5.74) is 2.91. The molecule has 0 aromatic heterocycles. The van der Waals surface area contributed by atoms with Crippen molar-refractivity contribution >= 4 is 34.8 Å². The van der Waals surface area contributed by atoms with E-state index in [1.807, 2.05) is 36.4 Å². The SMILES string of the molecule is O=C1[C@H](C(=O)N2CCc3ccccc32)CCN1c1ccc(Cl)cc1. The van der Waals surface area contributed by atoms with Crippen molar-refractivity contribution in [2.24, 2.45) is 5.92 Å². The summed E-state index contributed by atoms with van der Waals surface area (Å²) in [6.07, 6.45) is 1.41. The number of carbonyl (C=O) groups is 2. The molecule has 5 heteroatoms. The maximum Gasteiger partial charge on any atom is 0.239 e. The molecule has 2 amide bonds. The second-order valence-electron chi connectivity index (χ2n) is 6.18. The number of para-hydroxylation sites is 1. The molecule has 0 spiro atoms. The Kier molecular flexibility index (Phi) is 3.77. The second-order valence-corrected chi connectivity index (χ2v) is 6.61. The van der Waals surface area contributed by atoms with Gasteiger partial charge in [0.2, 0.25) is 11.8 Å². The molecule has 0 bridgehead atoms. The smallest absolute Gasteiger partial charge is 0.239 e. The van der Waals surface area contributed by atoms with Crippen LogP contribution in [0, 0.1) is 5.92 Å². The first-order valence-electron chi connectivity index (χ1n) is 8.11. The number of carbonyl (C=O) groups excluding carboxylic acids is 2. The minimum absolute atomic E-state index is 0.0820. The summed E-state index contributed by atoms with van der Waals surface area (Å²) in [7, 11) is 0. The Morgan fingerprint density at radius 2 is 1.79 bits per heavy atom. The van der Waals surface area contributed by atoms with Gasteiger partial charge in [-0.05, 0) is 48.7 Å². The predicted molar refractivity (Wildman–Crippen MR) is 94.4 cm³/mol. The van der Waals surface area contributed by atoms with E-state index >= 15 is 0 Å². The zero-order chi connectivity index (χ0) is 16.7. The van der Waals surface area contributed by atoms with E-state index in [1.165, 1.54) is 5.56 Å². The molecule has 4 nitrogen and oxygen atoms in total. The standard InChI is InChI=1S/C19H17ClN2O2/c20-14-5-7-15(8-6-14)21-12-10-16(18(21)23)19(24)22-11-9-13-3-1-2-4-17(13)22/h1-8,16H,9-12H2/t16-/m1/s1. The fraction of sp³-hybridized carbons (Fsp3) is 0.263. The summed E-state index contributed by atoms with van der Waals surface area (Å²) in [6.45, 7) is 1.22. The average molecular weight is 341 g/mol. The number of hydrogen-bond donors (Lipinski definition) is 0. The fourth-order valence-corrected chi connectivity index (χ4v) is 3.67. The molecule has 2 heterocycles. The number of rotatable bonds is 2. The molecular formula is C19H17ClN2O2. The molecular weight excluding hydrogens is 324 g/mol. The number of fused-ring (bicyclic) bond motifs is 1. The van der Waals surface area contributed by atoms with Gasteiger partial charge in [0.15, 0.2) is 0 Å². The summed E-state index contributed by atoms with van der Waals surface area (Å²) >= 11 is 5.90. The zero-order valence-electron chi connectivity index (χ0n) is 13.1. The van der Waals surface area contributed by atoms with Crippen LogP contribution in [0.1, 0.15) is 12.0 Å². The second kappa shape index (κ2) is 5.95. The molecule has 2 aliphatic rings. The molecule has 0 unspecified atom stereocenters. The van der Waals surface area contributed by atoms with Gasteiger partial charge < -0.3 is 9.80 Å². The van der Waals surface area contributed by atoms with Crippen molar-refractivity contribution in [2.75, 3.05) is 22.9 Å². The molecule has 0 aliphatic carbocycles. The predicted octanol–water partition coefficient (Wildman–Crippen LogP) is 3.28. The number of nitrogens with zero attached hydrogens (tertiary/aromatic N) is 2. The summed E-state index contributed by atoms with van der Waals surface area (Å²) in [4.78, 5) is 29.1. The van der Waals surface area contributed by atoms with E-state index < -0.39 is 5.92 Å². The molecule has 2 aromatic rings. The van der Waals surface area contributed by atoms with Crippen LogP contribution in [0.25, 0.3) is 0 Å². The van der Waals surface area contributed by atoms with Crippen molar-refractivity contribution in [1.29, 1.82) is 0 Å². The summed E-state index contributed by atoms with van der Waals surface area (Å²) in [5, 5.41) is 0.631. The molecule has 1 saturated heterocycles. The average Bonchev–Trinajstić information content (AvgIpc) is 3.19. The Bertz CT molecular complexity index is 803. The molecule has 0 radical (unpaired) electrons. The molecule has 2 aliphatic heterocycles. The van der Waals surface area contributed by atoms with Gasteiger partial charge in [-0.15, -0.1) is 0 Å². The summed E-state index contributed by atoms with van der Waals surface area (Å²) < 4.78 is 0. The quantitative estimate of drug-likeness (QED) is 0.787. The topological polar surface area (TPSA) is 40.6 Å². The van der Waals surface area contributed by atoms with Crippen LogP contribution in [0.3, 0.4) is 0 Å². The lowest BCUT2D eigenvalue weighted by Crippen LogP contribution is -2.39. The Labute approximate surface area is 145 Å². The van der Waals surface area contributed by atoms with Crippen molar-refractivity contribution in [3.8, 4) is 0 Å². The molecule has 122 valence electrons. The Balaban J connectivity index is 1.55. The third-order valence-corrected chi connectivity index (χ3v) is 5.05. The first kappa shape index (κ1) is 15.2. The van der Waals surface area contributed by atoms with E-state index in [0.717, 1.165) is 17.8 Å². The van der Waals surface area contributed by atoms with Crippen molar-refractivity contribution < 1.29 is 9.59 Å². The van der Waals surface area contributed by atoms with Gasteiger partial charge in [-0.2, -0.15) is 0 Å². The Morgan fingerprint density at radius 3 is 2.58 bits per heavy atom. The van der Waals surface area contributed by atoms with Crippen molar-refractivity contribution in [3.63, 3.8) is 0 Å². The first-order chi connectivity index (χ1) is 11.6. The highest BCUT2D eigenvalue weighted by Crippen LogP contribution is 2.32. The number of anilines is 2. The maximum absolute atomic E-state index is 12.9. The maximum atomic E-state index is 12.9. The van der Waals surface area contributed by atoms with E-state index in [0.29, 0.717) is 24.5 Å². The van der Waals surface area contributed by atoms with E-state index in [2.05, 4.69) is 0 Å². The van der Waals surface area contributed by atoms with Crippen LogP contribution in [0.5, 0.6) is 0 Å². The monoisotopic (exact) mass is 340 g/mol. The molecule has 4 rings (SSSR count). The molecule has 2 aromatic carbocycles. The van der Waals surface area contributed by atoms with Crippen LogP contribution in [0.15, 0.2) is 48.5 Å². The van der Waals surface area contributed by atoms with Gasteiger partial charge in [-0.3, -0.25) is 9.59 Å². The normalized spacial score (nSPS) is 19.7. The van der Waals surface area contributed by atoms with Gasteiger partial charge >= 0.3 is 0 Å². The van der Waals surface area contributed by atoms with Gasteiger partial charge in [-0.25, -0.2) is 0 Å². The van der Waals surface area contributed by atoms with Crippen molar-refractivity contribution in [2.45, 2.75) is 12.8 Å². The molecule has 1 atom stereocenters. The van der Waals surface area contributed by atoms with Gasteiger partial charge in [0.25, 0.3) is 0 Å². The molecule has 1 fully saturated rings. The van der Waals surface area contributed by atoms with Crippen molar-refractivity contribution in [3.05, 3.63) is 59.1 Å². The zero-order valence-corrected chi connectivity index (χ0v) is 13.9. The Hall–Kier alpha value is -2.33. The third-order valence-electron chi connectivity index (χ3n) is 4.80. The van der Waals surface area contributed by atoms with Crippen LogP contribution >= 0.6 is 11.6 Å². The van der Waals surface area contributed by atoms with Crippen LogP contribution in [-0.4, -0.2) is 24.9 Å². The highest BCUT2D eigenvalue weighted by atomic mass is 35.5. The van der Waals surface area contributed by atoms with Crippen LogP contribution < -0.4 is 9.80 Å². The molecule has 24 heavy (non-hydrogen) atoms. The summed E-state index contributed by atoms with van der Waals surface area (Å²) in [5.74, 6) is -0.792. The van der Waals surface area contributed by atoms with E-state index in [-0.39, 0.29) is 11.8 Å². The minimum Gasteiger partial charge on any atom is -0.312 e.